The van der Waals surface area contributed by atoms with Crippen LogP contribution in [-0.2, 0) is 11.2 Å². The number of nitrogens with zero attached hydrogens (tertiary/aromatic N) is 1. The number of benzene rings is 2. The highest BCUT2D eigenvalue weighted by molar-refractivity contribution is 7.99. The van der Waals surface area contributed by atoms with Crippen molar-refractivity contribution in [1.82, 2.24) is 0 Å². The summed E-state index contributed by atoms with van der Waals surface area (Å²) in [5.74, 6) is -2.56. The number of rotatable bonds is 6. The molecule has 6 heteroatoms. The van der Waals surface area contributed by atoms with Gasteiger partial charge >= 0.3 is 0 Å². The lowest BCUT2D eigenvalue weighted by molar-refractivity contribution is -0.115. The molecule has 0 atom stereocenters. The van der Waals surface area contributed by atoms with E-state index < -0.39 is 5.76 Å². The molecule has 0 aliphatic carbocycles. The highest BCUT2D eigenvalue weighted by Crippen LogP contribution is 2.26. The first-order valence-electron chi connectivity index (χ1n) is 7.79. The van der Waals surface area contributed by atoms with Crippen LogP contribution < -0.4 is 10.2 Å². The standard InChI is InChI=1S/C18H18F2N2OS/c19-18(20)24-16-8-4-14(5-9-16)21-17(23)12-13-2-6-15(7-3-13)22-10-1-11-22/h2-9,18H,1,10-12H2,(H,21,23). The molecule has 24 heavy (non-hydrogen) atoms. The molecule has 0 spiro atoms. The molecule has 126 valence electrons. The van der Waals surface area contributed by atoms with E-state index in [0.29, 0.717) is 22.3 Å². The average molecular weight is 348 g/mol. The number of carbonyl (C=O) groups is 1. The van der Waals surface area contributed by atoms with E-state index in [-0.39, 0.29) is 12.3 Å². The van der Waals surface area contributed by atoms with Crippen LogP contribution in [0.25, 0.3) is 0 Å². The van der Waals surface area contributed by atoms with Crippen LogP contribution in [0.2, 0.25) is 0 Å². The third-order valence-corrected chi connectivity index (χ3v) is 4.61. The Kier molecular flexibility index (Phi) is 5.35. The van der Waals surface area contributed by atoms with Gasteiger partial charge in [-0.15, -0.1) is 0 Å². The Morgan fingerprint density at radius 3 is 2.29 bits per heavy atom. The Labute approximate surface area is 144 Å². The maximum absolute atomic E-state index is 12.3. The lowest BCUT2D eigenvalue weighted by Gasteiger charge is -2.33. The lowest BCUT2D eigenvalue weighted by atomic mass is 10.1. The predicted octanol–water partition coefficient (Wildman–Crippen LogP) is 4.39. The molecule has 2 aromatic rings. The van der Waals surface area contributed by atoms with Gasteiger partial charge in [-0.3, -0.25) is 4.79 Å². The number of amides is 1. The molecule has 1 heterocycles. The summed E-state index contributed by atoms with van der Waals surface area (Å²) in [4.78, 5) is 14.9. The second-order valence-corrected chi connectivity index (χ2v) is 6.70. The maximum atomic E-state index is 12.3. The highest BCUT2D eigenvalue weighted by atomic mass is 32.2. The molecule has 0 saturated carbocycles. The topological polar surface area (TPSA) is 32.3 Å². The maximum Gasteiger partial charge on any atom is 0.288 e. The molecule has 2 aromatic carbocycles. The number of alkyl halides is 2. The minimum atomic E-state index is -2.44. The summed E-state index contributed by atoms with van der Waals surface area (Å²) in [6, 6.07) is 14.4. The van der Waals surface area contributed by atoms with Crippen LogP contribution in [0.3, 0.4) is 0 Å². The van der Waals surface area contributed by atoms with Gasteiger partial charge in [-0.1, -0.05) is 23.9 Å². The minimum Gasteiger partial charge on any atom is -0.371 e. The van der Waals surface area contributed by atoms with E-state index >= 15 is 0 Å². The molecule has 3 rings (SSSR count). The van der Waals surface area contributed by atoms with Crippen molar-refractivity contribution < 1.29 is 13.6 Å². The quantitative estimate of drug-likeness (QED) is 0.786. The summed E-state index contributed by atoms with van der Waals surface area (Å²) in [5, 5.41) is 2.78. The number of nitrogens with one attached hydrogen (secondary N) is 1. The smallest absolute Gasteiger partial charge is 0.288 e. The van der Waals surface area contributed by atoms with E-state index in [1.807, 2.05) is 24.3 Å². The van der Waals surface area contributed by atoms with E-state index in [0.717, 1.165) is 18.7 Å². The zero-order valence-corrected chi connectivity index (χ0v) is 13.9. The van der Waals surface area contributed by atoms with Crippen molar-refractivity contribution in [3.8, 4) is 0 Å². The fraction of sp³-hybridized carbons (Fsp3) is 0.278. The fourth-order valence-electron chi connectivity index (χ4n) is 2.51. The summed E-state index contributed by atoms with van der Waals surface area (Å²) in [6.45, 7) is 2.19. The zero-order chi connectivity index (χ0) is 16.9. The van der Waals surface area contributed by atoms with Crippen LogP contribution >= 0.6 is 11.8 Å². The number of thioether (sulfide) groups is 1. The van der Waals surface area contributed by atoms with Gasteiger partial charge in [0.2, 0.25) is 5.91 Å². The summed E-state index contributed by atoms with van der Waals surface area (Å²) in [6.07, 6.45) is 1.52. The van der Waals surface area contributed by atoms with Crippen LogP contribution in [0.5, 0.6) is 0 Å². The molecule has 0 unspecified atom stereocenters. The first kappa shape index (κ1) is 16.8. The first-order valence-corrected chi connectivity index (χ1v) is 8.67. The fourth-order valence-corrected chi connectivity index (χ4v) is 3.01. The van der Waals surface area contributed by atoms with Crippen molar-refractivity contribution in [2.75, 3.05) is 23.3 Å². The highest BCUT2D eigenvalue weighted by Gasteiger charge is 2.14. The van der Waals surface area contributed by atoms with E-state index in [9.17, 15) is 13.6 Å². The van der Waals surface area contributed by atoms with Crippen molar-refractivity contribution in [2.45, 2.75) is 23.5 Å². The Balaban J connectivity index is 1.53. The summed E-state index contributed by atoms with van der Waals surface area (Å²) in [5.41, 5.74) is 2.75. The van der Waals surface area contributed by atoms with Gasteiger partial charge in [0.05, 0.1) is 6.42 Å². The van der Waals surface area contributed by atoms with E-state index in [4.69, 9.17) is 0 Å². The van der Waals surface area contributed by atoms with Gasteiger partial charge < -0.3 is 10.2 Å². The van der Waals surface area contributed by atoms with Gasteiger partial charge in [-0.25, -0.2) is 0 Å². The van der Waals surface area contributed by atoms with E-state index in [1.165, 1.54) is 12.1 Å². The second kappa shape index (κ2) is 7.66. The summed E-state index contributed by atoms with van der Waals surface area (Å²) >= 11 is 0.489. The van der Waals surface area contributed by atoms with E-state index in [2.05, 4.69) is 10.2 Å². The first-order chi connectivity index (χ1) is 11.6. The molecule has 0 radical (unpaired) electrons. The van der Waals surface area contributed by atoms with Crippen LogP contribution in [0, 0.1) is 0 Å². The van der Waals surface area contributed by atoms with Crippen LogP contribution in [0.4, 0.5) is 20.2 Å². The molecule has 1 fully saturated rings. The number of carbonyl (C=O) groups excluding carboxylic acids is 1. The molecule has 1 saturated heterocycles. The van der Waals surface area contributed by atoms with Gasteiger partial charge in [0, 0.05) is 29.4 Å². The van der Waals surface area contributed by atoms with Crippen molar-refractivity contribution in [3.05, 3.63) is 54.1 Å². The monoisotopic (exact) mass is 348 g/mol. The summed E-state index contributed by atoms with van der Waals surface area (Å²) < 4.78 is 24.5. The zero-order valence-electron chi connectivity index (χ0n) is 13.0. The van der Waals surface area contributed by atoms with Gasteiger partial charge in [-0.05, 0) is 48.4 Å². The molecule has 1 aliphatic heterocycles. The molecule has 0 aromatic heterocycles. The molecular weight excluding hydrogens is 330 g/mol. The second-order valence-electron chi connectivity index (χ2n) is 5.63. The van der Waals surface area contributed by atoms with Crippen molar-refractivity contribution in [2.24, 2.45) is 0 Å². The molecule has 1 N–H and O–H groups in total. The average Bonchev–Trinajstić information content (AvgIpc) is 2.49. The number of anilines is 2. The van der Waals surface area contributed by atoms with Crippen LogP contribution in [0.1, 0.15) is 12.0 Å². The Morgan fingerprint density at radius 1 is 1.08 bits per heavy atom. The lowest BCUT2D eigenvalue weighted by Crippen LogP contribution is -2.36. The minimum absolute atomic E-state index is 0.124. The largest absolute Gasteiger partial charge is 0.371 e. The number of hydrogen-bond donors (Lipinski definition) is 1. The molecular formula is C18H18F2N2OS. The van der Waals surface area contributed by atoms with Gasteiger partial charge in [0.15, 0.2) is 0 Å². The normalized spacial score (nSPS) is 13.7. The van der Waals surface area contributed by atoms with Gasteiger partial charge in [0.25, 0.3) is 5.76 Å². The van der Waals surface area contributed by atoms with Gasteiger partial charge in [0.1, 0.15) is 0 Å². The van der Waals surface area contributed by atoms with Crippen molar-refractivity contribution in [1.29, 1.82) is 0 Å². The Morgan fingerprint density at radius 2 is 1.75 bits per heavy atom. The third-order valence-electron chi connectivity index (χ3n) is 3.89. The molecule has 1 aliphatic rings. The van der Waals surface area contributed by atoms with Crippen LogP contribution in [-0.4, -0.2) is 24.8 Å². The molecule has 0 bridgehead atoms. The van der Waals surface area contributed by atoms with Gasteiger partial charge in [-0.2, -0.15) is 8.78 Å². The predicted molar refractivity (Wildman–Crippen MR) is 93.9 cm³/mol. The van der Waals surface area contributed by atoms with Crippen LogP contribution in [0.15, 0.2) is 53.4 Å². The van der Waals surface area contributed by atoms with Crippen molar-refractivity contribution in [3.63, 3.8) is 0 Å². The number of hydrogen-bond acceptors (Lipinski definition) is 3. The SMILES string of the molecule is O=C(Cc1ccc(N2CCC2)cc1)Nc1ccc(SC(F)F)cc1. The molecule has 3 nitrogen and oxygen atoms in total. The number of halogens is 2. The van der Waals surface area contributed by atoms with E-state index in [1.54, 1.807) is 24.3 Å². The van der Waals surface area contributed by atoms with Crippen molar-refractivity contribution >= 4 is 29.0 Å². The Hall–Kier alpha value is -2.08. The Bertz CT molecular complexity index is 685. The summed E-state index contributed by atoms with van der Waals surface area (Å²) in [7, 11) is 0. The molecule has 1 amide bonds. The third kappa shape index (κ3) is 4.47.